The third kappa shape index (κ3) is 4.63. The second kappa shape index (κ2) is 8.23. The van der Waals surface area contributed by atoms with Crippen LogP contribution >= 0.6 is 0 Å². The zero-order valence-corrected chi connectivity index (χ0v) is 13.6. The Hall–Kier alpha value is -2.28. The third-order valence-electron chi connectivity index (χ3n) is 3.02. The molecule has 0 aliphatic rings. The molecule has 2 rings (SSSR count). The molecule has 0 bridgehead atoms. The molecular weight excluding hydrogens is 350 g/mol. The summed E-state index contributed by atoms with van der Waals surface area (Å²) in [4.78, 5) is 24.3. The molecule has 1 amide bonds. The fourth-order valence-corrected chi connectivity index (χ4v) is 1.82. The fourth-order valence-electron chi connectivity index (χ4n) is 1.82. The van der Waals surface area contributed by atoms with Crippen molar-refractivity contribution in [1.82, 2.24) is 5.10 Å². The fraction of sp³-hybridized carbons (Fsp3) is 0.200. The van der Waals surface area contributed by atoms with Crippen LogP contribution in [0.15, 0.2) is 48.8 Å². The molecule has 0 unspecified atom stereocenters. The van der Waals surface area contributed by atoms with Crippen LogP contribution < -0.4 is 26.6 Å². The van der Waals surface area contributed by atoms with E-state index in [1.165, 1.54) is 10.9 Å². The van der Waals surface area contributed by atoms with E-state index in [0.29, 0.717) is 5.56 Å². The number of amides is 1. The highest BCUT2D eigenvalue weighted by Gasteiger charge is 2.15. The predicted octanol–water partition coefficient (Wildman–Crippen LogP) is -1.88. The van der Waals surface area contributed by atoms with Gasteiger partial charge in [0.2, 0.25) is 0 Å². The van der Waals surface area contributed by atoms with Gasteiger partial charge >= 0.3 is 5.97 Å². The van der Waals surface area contributed by atoms with Gasteiger partial charge in [-0.25, -0.2) is 0 Å². The molecule has 0 aliphatic heterocycles. The maximum atomic E-state index is 12.3. The zero-order valence-electron chi connectivity index (χ0n) is 12.0. The normalized spacial score (nSPS) is 9.68. The number of carboxylic acid groups (broad SMARTS) is 1. The number of anilines is 1. The van der Waals surface area contributed by atoms with E-state index in [9.17, 15) is 9.59 Å². The number of hydrogen-bond acceptors (Lipinski definition) is 3. The summed E-state index contributed by atoms with van der Waals surface area (Å²) in [5, 5.41) is 12.7. The summed E-state index contributed by atoms with van der Waals surface area (Å²) >= 11 is 0. The van der Waals surface area contributed by atoms with Crippen molar-refractivity contribution in [2.45, 2.75) is 13.0 Å². The first-order valence-corrected chi connectivity index (χ1v) is 6.48. The van der Waals surface area contributed by atoms with Crippen LogP contribution in [-0.2, 0) is 11.3 Å². The average molecular weight is 366 g/mol. The van der Waals surface area contributed by atoms with Gasteiger partial charge in [-0.3, -0.25) is 9.59 Å². The number of carbonyl (C=O) groups is 2. The highest BCUT2D eigenvalue weighted by molar-refractivity contribution is 6.05. The minimum Gasteiger partial charge on any atom is -1.00 e. The number of para-hydroxylation sites is 1. The zero-order chi connectivity index (χ0) is 15.2. The Bertz CT molecular complexity index is 632. The van der Waals surface area contributed by atoms with Crippen molar-refractivity contribution in [1.29, 1.82) is 0 Å². The van der Waals surface area contributed by atoms with E-state index in [0.717, 1.165) is 5.69 Å². The lowest BCUT2D eigenvalue weighted by Gasteiger charge is -2.16. The molecule has 1 N–H and O–H groups in total. The first-order valence-electron chi connectivity index (χ1n) is 6.48. The number of carboxylic acids is 1. The first kappa shape index (κ1) is 17.8. The van der Waals surface area contributed by atoms with Gasteiger partial charge < -0.3 is 27.0 Å². The topological polar surface area (TPSA) is 74.4 Å². The van der Waals surface area contributed by atoms with E-state index in [1.54, 1.807) is 24.2 Å². The second-order valence-corrected chi connectivity index (χ2v) is 4.52. The van der Waals surface area contributed by atoms with E-state index >= 15 is 0 Å². The molecule has 0 fully saturated rings. The van der Waals surface area contributed by atoms with Crippen LogP contribution in [0.1, 0.15) is 16.8 Å². The molecule has 116 valence electrons. The summed E-state index contributed by atoms with van der Waals surface area (Å²) in [6.07, 6.45) is 3.05. The minimum atomic E-state index is -0.881. The summed E-state index contributed by atoms with van der Waals surface area (Å²) in [6.45, 7) is 0.276. The Morgan fingerprint density at radius 3 is 2.45 bits per heavy atom. The molecule has 0 spiro atoms. The largest absolute Gasteiger partial charge is 1.00 e. The van der Waals surface area contributed by atoms with Gasteiger partial charge in [0.15, 0.2) is 12.7 Å². The summed E-state index contributed by atoms with van der Waals surface area (Å²) in [5.41, 5.74) is 1.25. The highest BCUT2D eigenvalue weighted by atomic mass is 79.9. The van der Waals surface area contributed by atoms with Crippen LogP contribution in [0.2, 0.25) is 0 Å². The lowest BCUT2D eigenvalue weighted by atomic mass is 10.2. The van der Waals surface area contributed by atoms with Crippen LogP contribution in [0.5, 0.6) is 0 Å². The molecule has 0 aliphatic carbocycles. The van der Waals surface area contributed by atoms with Crippen molar-refractivity contribution in [3.05, 3.63) is 54.4 Å². The Labute approximate surface area is 138 Å². The molecule has 7 heteroatoms. The number of aliphatic carboxylic acids is 1. The van der Waals surface area contributed by atoms with Gasteiger partial charge in [0, 0.05) is 18.8 Å². The van der Waals surface area contributed by atoms with Crippen LogP contribution in [0.25, 0.3) is 0 Å². The summed E-state index contributed by atoms with van der Waals surface area (Å²) in [7, 11) is 1.70. The van der Waals surface area contributed by atoms with Crippen molar-refractivity contribution in [2.24, 2.45) is 0 Å². The number of aromatic nitrogens is 2. The number of halogens is 1. The lowest BCUT2D eigenvalue weighted by molar-refractivity contribution is -0.753. The Morgan fingerprint density at radius 1 is 1.23 bits per heavy atom. The maximum absolute atomic E-state index is 12.3. The van der Waals surface area contributed by atoms with Gasteiger partial charge in [-0.1, -0.05) is 22.9 Å². The van der Waals surface area contributed by atoms with E-state index in [2.05, 4.69) is 5.10 Å². The van der Waals surface area contributed by atoms with Gasteiger partial charge in [-0.15, -0.1) is 0 Å². The molecule has 6 nitrogen and oxygen atoms in total. The van der Waals surface area contributed by atoms with Crippen LogP contribution in [-0.4, -0.2) is 29.1 Å². The van der Waals surface area contributed by atoms with Crippen molar-refractivity contribution in [3.8, 4) is 0 Å². The van der Waals surface area contributed by atoms with Gasteiger partial charge in [0.1, 0.15) is 12.6 Å². The monoisotopic (exact) mass is 365 g/mol. The molecular formula is C15H16BrN3O3. The van der Waals surface area contributed by atoms with E-state index in [4.69, 9.17) is 5.11 Å². The molecule has 1 aromatic carbocycles. The number of carbonyl (C=O) groups excluding carboxylic acids is 1. The standard InChI is InChI=1S/C15H15N3O3.BrH/c1-17(13-5-3-2-4-6-13)15(21)12-7-9-18(16-11-12)10-8-14(19)20;/h2-7,9,11H,8,10H2,1H3;1H. The quantitative estimate of drug-likeness (QED) is 0.629. The number of aryl methyl sites for hydroxylation is 1. The van der Waals surface area contributed by atoms with Crippen LogP contribution in [0.3, 0.4) is 0 Å². The van der Waals surface area contributed by atoms with E-state index in [1.807, 2.05) is 30.3 Å². The van der Waals surface area contributed by atoms with Gasteiger partial charge in [-0.05, 0) is 17.2 Å². The molecule has 2 aromatic rings. The van der Waals surface area contributed by atoms with Crippen molar-refractivity contribution in [2.75, 3.05) is 11.9 Å². The molecule has 0 saturated heterocycles. The van der Waals surface area contributed by atoms with Gasteiger partial charge in [0.25, 0.3) is 5.91 Å². The maximum Gasteiger partial charge on any atom is 0.309 e. The van der Waals surface area contributed by atoms with Gasteiger partial charge in [-0.2, -0.15) is 0 Å². The first-order chi connectivity index (χ1) is 10.1. The number of rotatable bonds is 5. The summed E-state index contributed by atoms with van der Waals surface area (Å²) in [6, 6.07) is 10.9. The molecule has 1 aromatic heterocycles. The molecule has 0 saturated carbocycles. The predicted molar refractivity (Wildman–Crippen MR) is 75.9 cm³/mol. The molecule has 0 radical (unpaired) electrons. The van der Waals surface area contributed by atoms with E-state index in [-0.39, 0.29) is 35.9 Å². The average Bonchev–Trinajstić information content (AvgIpc) is 2.53. The number of nitrogens with zero attached hydrogens (tertiary/aromatic N) is 3. The molecule has 1 heterocycles. The minimum absolute atomic E-state index is 0. The van der Waals surface area contributed by atoms with Crippen molar-refractivity contribution in [3.63, 3.8) is 0 Å². The van der Waals surface area contributed by atoms with E-state index < -0.39 is 5.97 Å². The number of hydrogen-bond donors (Lipinski definition) is 1. The van der Waals surface area contributed by atoms with Crippen LogP contribution in [0.4, 0.5) is 5.69 Å². The summed E-state index contributed by atoms with van der Waals surface area (Å²) in [5.74, 6) is -1.05. The molecule has 22 heavy (non-hydrogen) atoms. The third-order valence-corrected chi connectivity index (χ3v) is 3.02. The number of benzene rings is 1. The lowest BCUT2D eigenvalue weighted by Crippen LogP contribution is -3.00. The molecule has 0 atom stereocenters. The Balaban J connectivity index is 0.00000242. The van der Waals surface area contributed by atoms with Crippen molar-refractivity contribution >= 4 is 17.6 Å². The SMILES string of the molecule is CN(C(=O)c1cc[n+](CCC(=O)O)nc1)c1ccccc1.[Br-]. The Morgan fingerprint density at radius 2 is 1.91 bits per heavy atom. The summed E-state index contributed by atoms with van der Waals surface area (Å²) < 4.78 is 1.49. The van der Waals surface area contributed by atoms with Crippen molar-refractivity contribution < 1.29 is 36.4 Å². The highest BCUT2D eigenvalue weighted by Crippen LogP contribution is 2.13. The van der Waals surface area contributed by atoms with Crippen LogP contribution in [0, 0.1) is 0 Å². The Kier molecular flexibility index (Phi) is 6.65. The second-order valence-electron chi connectivity index (χ2n) is 4.52. The van der Waals surface area contributed by atoms with Gasteiger partial charge in [0.05, 0.1) is 5.56 Å². The smallest absolute Gasteiger partial charge is 0.309 e.